The number of halogens is 1. The smallest absolute Gasteiger partial charge is 0.181 e. The minimum atomic E-state index is 0.0378. The number of rotatable bonds is 5. The molecule has 24 heavy (non-hydrogen) atoms. The molecule has 3 rings (SSSR count). The normalized spacial score (nSPS) is 11.8. The van der Waals surface area contributed by atoms with Crippen molar-refractivity contribution in [2.24, 2.45) is 0 Å². The second kappa shape index (κ2) is 7.64. The molecule has 0 amide bonds. The van der Waals surface area contributed by atoms with E-state index in [2.05, 4.69) is 71.2 Å². The highest BCUT2D eigenvalue weighted by molar-refractivity contribution is 9.11. The topological polar surface area (TPSA) is 38.7 Å². The van der Waals surface area contributed by atoms with Gasteiger partial charge in [0, 0.05) is 11.8 Å². The molecule has 0 saturated heterocycles. The summed E-state index contributed by atoms with van der Waals surface area (Å²) in [7, 11) is 0. The van der Waals surface area contributed by atoms with Crippen LogP contribution < -0.4 is 0 Å². The van der Waals surface area contributed by atoms with Crippen LogP contribution >= 0.6 is 50.4 Å². The van der Waals surface area contributed by atoms with E-state index in [4.69, 9.17) is 4.98 Å². The molecule has 0 unspecified atom stereocenters. The predicted molar refractivity (Wildman–Crippen MR) is 106 cm³/mol. The van der Waals surface area contributed by atoms with E-state index >= 15 is 0 Å². The van der Waals surface area contributed by atoms with Gasteiger partial charge in [-0.25, -0.2) is 4.98 Å². The van der Waals surface area contributed by atoms with Crippen LogP contribution in [0.3, 0.4) is 0 Å². The van der Waals surface area contributed by atoms with E-state index in [1.807, 2.05) is 6.07 Å². The van der Waals surface area contributed by atoms with Crippen molar-refractivity contribution in [2.75, 3.05) is 0 Å². The first-order valence-corrected chi connectivity index (χ1v) is 10.9. The predicted octanol–water partition coefficient (Wildman–Crippen LogP) is 5.99. The van der Waals surface area contributed by atoms with Gasteiger partial charge in [-0.05, 0) is 39.7 Å². The van der Waals surface area contributed by atoms with Gasteiger partial charge in [-0.3, -0.25) is 0 Å². The van der Waals surface area contributed by atoms with Crippen LogP contribution in [-0.4, -0.2) is 15.2 Å². The highest BCUT2D eigenvalue weighted by atomic mass is 79.9. The van der Waals surface area contributed by atoms with Crippen LogP contribution in [0.5, 0.6) is 0 Å². The minimum absolute atomic E-state index is 0.0378. The Morgan fingerprint density at radius 3 is 2.42 bits per heavy atom. The SMILES string of the molecule is CC(C)(C)c1nc(Sc2nnc(CCc3ccccc3)s2)sc1Br. The quantitative estimate of drug-likeness (QED) is 0.489. The van der Waals surface area contributed by atoms with Gasteiger partial charge in [-0.15, -0.1) is 10.2 Å². The zero-order chi connectivity index (χ0) is 17.2. The van der Waals surface area contributed by atoms with Crippen LogP contribution in [0.25, 0.3) is 0 Å². The van der Waals surface area contributed by atoms with Gasteiger partial charge in [0.25, 0.3) is 0 Å². The van der Waals surface area contributed by atoms with Gasteiger partial charge in [0.05, 0.1) is 9.48 Å². The molecule has 0 aliphatic rings. The molecule has 3 nitrogen and oxygen atoms in total. The Kier molecular flexibility index (Phi) is 5.74. The summed E-state index contributed by atoms with van der Waals surface area (Å²) in [6.07, 6.45) is 1.92. The van der Waals surface area contributed by atoms with Crippen LogP contribution in [-0.2, 0) is 18.3 Å². The van der Waals surface area contributed by atoms with E-state index in [-0.39, 0.29) is 5.41 Å². The number of hydrogen-bond donors (Lipinski definition) is 0. The molecular weight excluding hydrogens is 422 g/mol. The Morgan fingerprint density at radius 2 is 1.75 bits per heavy atom. The third-order valence-corrected chi connectivity index (χ3v) is 7.17. The number of nitrogens with zero attached hydrogens (tertiary/aromatic N) is 3. The maximum atomic E-state index is 4.75. The van der Waals surface area contributed by atoms with Crippen LogP contribution in [0.2, 0.25) is 0 Å². The van der Waals surface area contributed by atoms with E-state index in [1.54, 1.807) is 34.4 Å². The van der Waals surface area contributed by atoms with Gasteiger partial charge in [0.15, 0.2) is 8.68 Å². The first-order valence-electron chi connectivity index (χ1n) is 7.63. The summed E-state index contributed by atoms with van der Waals surface area (Å²) in [4.78, 5) is 4.75. The van der Waals surface area contributed by atoms with Gasteiger partial charge in [-0.2, -0.15) is 0 Å². The molecule has 0 aliphatic carbocycles. The van der Waals surface area contributed by atoms with Crippen molar-refractivity contribution in [3.05, 3.63) is 50.4 Å². The first kappa shape index (κ1) is 18.0. The zero-order valence-corrected chi connectivity index (χ0v) is 17.8. The van der Waals surface area contributed by atoms with Gasteiger partial charge >= 0.3 is 0 Å². The van der Waals surface area contributed by atoms with Gasteiger partial charge in [0.2, 0.25) is 0 Å². The minimum Gasteiger partial charge on any atom is -0.232 e. The highest BCUT2D eigenvalue weighted by Crippen LogP contribution is 2.40. The van der Waals surface area contributed by atoms with Crippen molar-refractivity contribution in [1.82, 2.24) is 15.2 Å². The lowest BCUT2D eigenvalue weighted by molar-refractivity contribution is 0.567. The molecule has 2 heterocycles. The fourth-order valence-electron chi connectivity index (χ4n) is 2.14. The van der Waals surface area contributed by atoms with Gasteiger partial charge < -0.3 is 0 Å². The lowest BCUT2D eigenvalue weighted by Gasteiger charge is -2.15. The molecule has 3 aromatic rings. The Labute approximate surface area is 163 Å². The summed E-state index contributed by atoms with van der Waals surface area (Å²) in [6.45, 7) is 6.52. The average molecular weight is 440 g/mol. The lowest BCUT2D eigenvalue weighted by atomic mass is 9.93. The van der Waals surface area contributed by atoms with Crippen LogP contribution in [0.4, 0.5) is 0 Å². The maximum absolute atomic E-state index is 4.75. The summed E-state index contributed by atoms with van der Waals surface area (Å²) in [5.74, 6) is 0. The summed E-state index contributed by atoms with van der Waals surface area (Å²) in [5.41, 5.74) is 2.47. The summed E-state index contributed by atoms with van der Waals surface area (Å²) < 4.78 is 3.07. The second-order valence-electron chi connectivity index (χ2n) is 6.40. The van der Waals surface area contributed by atoms with Crippen molar-refractivity contribution in [1.29, 1.82) is 0 Å². The molecule has 0 atom stereocenters. The van der Waals surface area contributed by atoms with E-state index in [0.717, 1.165) is 36.0 Å². The Morgan fingerprint density at radius 1 is 1.00 bits per heavy atom. The monoisotopic (exact) mass is 439 g/mol. The number of aryl methyl sites for hydroxylation is 2. The number of hydrogen-bond acceptors (Lipinski definition) is 6. The number of aromatic nitrogens is 3. The van der Waals surface area contributed by atoms with Gasteiger partial charge in [0.1, 0.15) is 5.01 Å². The molecule has 0 N–H and O–H groups in total. The molecule has 0 fully saturated rings. The van der Waals surface area contributed by atoms with E-state index in [9.17, 15) is 0 Å². The molecule has 0 bridgehead atoms. The molecule has 0 saturated carbocycles. The fraction of sp³-hybridized carbons (Fsp3) is 0.353. The second-order valence-corrected chi connectivity index (χ2v) is 11.3. The maximum Gasteiger partial charge on any atom is 0.181 e. The molecule has 7 heteroatoms. The molecule has 2 aromatic heterocycles. The molecule has 126 valence electrons. The highest BCUT2D eigenvalue weighted by Gasteiger charge is 2.23. The van der Waals surface area contributed by atoms with Gasteiger partial charge in [-0.1, -0.05) is 73.8 Å². The molecule has 1 aromatic carbocycles. The van der Waals surface area contributed by atoms with E-state index in [0.29, 0.717) is 0 Å². The van der Waals surface area contributed by atoms with Crippen molar-refractivity contribution in [2.45, 2.75) is 47.7 Å². The van der Waals surface area contributed by atoms with Crippen LogP contribution in [0, 0.1) is 0 Å². The standard InChI is InChI=1S/C17H18BrN3S3/c1-17(2,3)13-14(18)23-15(19-13)24-16-21-20-12(22-16)10-9-11-7-5-4-6-8-11/h4-8H,9-10H2,1-3H3. The third-order valence-electron chi connectivity index (χ3n) is 3.37. The third kappa shape index (κ3) is 4.65. The molecule has 0 spiro atoms. The van der Waals surface area contributed by atoms with E-state index < -0.39 is 0 Å². The molecule has 0 radical (unpaired) electrons. The summed E-state index contributed by atoms with van der Waals surface area (Å²) >= 11 is 8.56. The van der Waals surface area contributed by atoms with Crippen molar-refractivity contribution >= 4 is 50.4 Å². The number of thiazole rings is 1. The summed E-state index contributed by atoms with van der Waals surface area (Å²) in [6, 6.07) is 10.5. The molecule has 0 aliphatic heterocycles. The van der Waals surface area contributed by atoms with E-state index in [1.165, 1.54) is 5.56 Å². The number of benzene rings is 1. The average Bonchev–Trinajstić information content (AvgIpc) is 3.13. The van der Waals surface area contributed by atoms with Crippen LogP contribution in [0.15, 0.2) is 42.8 Å². The van der Waals surface area contributed by atoms with Crippen molar-refractivity contribution in [3.63, 3.8) is 0 Å². The Bertz CT molecular complexity index is 806. The van der Waals surface area contributed by atoms with Crippen molar-refractivity contribution < 1.29 is 0 Å². The first-order chi connectivity index (χ1) is 11.4. The summed E-state index contributed by atoms with van der Waals surface area (Å²) in [5, 5.41) is 9.70. The Hall–Kier alpha value is -0.760. The zero-order valence-electron chi connectivity index (χ0n) is 13.7. The van der Waals surface area contributed by atoms with Crippen LogP contribution in [0.1, 0.15) is 37.0 Å². The molecular formula is C17H18BrN3S3. The fourth-order valence-corrected chi connectivity index (χ4v) is 6.78. The Balaban J connectivity index is 1.64. The largest absolute Gasteiger partial charge is 0.232 e. The van der Waals surface area contributed by atoms with Crippen molar-refractivity contribution in [3.8, 4) is 0 Å². The lowest BCUT2D eigenvalue weighted by Crippen LogP contribution is -2.12.